The summed E-state index contributed by atoms with van der Waals surface area (Å²) < 4.78 is 21.9. The zero-order valence-electron chi connectivity index (χ0n) is 5.46. The molecule has 0 aromatic carbocycles. The highest BCUT2D eigenvalue weighted by Gasteiger charge is 2.50. The third-order valence-electron chi connectivity index (χ3n) is 2.57. The van der Waals surface area contributed by atoms with E-state index < -0.39 is 14.5 Å². The molecule has 1 aliphatic heterocycles. The number of hydrogen-bond acceptors (Lipinski definition) is 2. The second-order valence-corrected chi connectivity index (χ2v) is 6.22. The lowest BCUT2D eigenvalue weighted by molar-refractivity contribution is 0.555. The van der Waals surface area contributed by atoms with Crippen LogP contribution in [0.5, 0.6) is 0 Å². The van der Waals surface area contributed by atoms with E-state index in [2.05, 4.69) is 0 Å². The molecule has 3 atom stereocenters. The molecule has 0 aromatic heterocycles. The van der Waals surface area contributed by atoms with Gasteiger partial charge in [0.25, 0.3) is 0 Å². The summed E-state index contributed by atoms with van der Waals surface area (Å²) in [6, 6.07) is 0. The molecule has 0 N–H and O–H groups in total. The van der Waals surface area contributed by atoms with Crippen LogP contribution >= 0.6 is 11.6 Å². The summed E-state index contributed by atoms with van der Waals surface area (Å²) in [5.41, 5.74) is 0. The van der Waals surface area contributed by atoms with Gasteiger partial charge in [0.1, 0.15) is 4.71 Å². The molecule has 2 bridgehead atoms. The third-order valence-corrected chi connectivity index (χ3v) is 6.05. The predicted molar refractivity (Wildman–Crippen MR) is 39.7 cm³/mol. The Morgan fingerprint density at radius 3 is 2.30 bits per heavy atom. The molecule has 1 heterocycles. The molecule has 2 fully saturated rings. The molecule has 1 saturated carbocycles. The van der Waals surface area contributed by atoms with Crippen molar-refractivity contribution in [3.05, 3.63) is 0 Å². The van der Waals surface area contributed by atoms with Crippen molar-refractivity contribution in [1.82, 2.24) is 0 Å². The Kier molecular flexibility index (Phi) is 1.30. The van der Waals surface area contributed by atoms with Crippen LogP contribution in [0.2, 0.25) is 0 Å². The van der Waals surface area contributed by atoms with Crippen LogP contribution in [0.15, 0.2) is 0 Å². The third kappa shape index (κ3) is 0.678. The Bertz CT molecular complexity index is 238. The van der Waals surface area contributed by atoms with Crippen LogP contribution in [0.25, 0.3) is 0 Å². The topological polar surface area (TPSA) is 34.1 Å². The fraction of sp³-hybridized carbons (Fsp3) is 1.00. The van der Waals surface area contributed by atoms with Gasteiger partial charge in [0.2, 0.25) is 0 Å². The maximum atomic E-state index is 11.2. The Morgan fingerprint density at radius 2 is 2.00 bits per heavy atom. The van der Waals surface area contributed by atoms with Gasteiger partial charge in [-0.15, -0.1) is 11.6 Å². The molecule has 1 aliphatic carbocycles. The number of halogens is 1. The van der Waals surface area contributed by atoms with E-state index in [-0.39, 0.29) is 11.2 Å². The van der Waals surface area contributed by atoms with E-state index in [0.717, 1.165) is 19.3 Å². The summed E-state index contributed by atoms with van der Waals surface area (Å²) in [4.78, 5) is 0. The van der Waals surface area contributed by atoms with Crippen molar-refractivity contribution in [3.63, 3.8) is 0 Å². The normalized spacial score (nSPS) is 49.9. The van der Waals surface area contributed by atoms with Gasteiger partial charge >= 0.3 is 0 Å². The highest BCUT2D eigenvalue weighted by Crippen LogP contribution is 2.46. The van der Waals surface area contributed by atoms with Crippen molar-refractivity contribution in [3.8, 4) is 0 Å². The molecule has 3 unspecified atom stereocenters. The standard InChI is InChI=1S/C6H9ClO2S/c7-6-4-1-2-5(3-4)10(6,8)9/h4-6H,1-3H2. The Hall–Kier alpha value is 0.240. The summed E-state index contributed by atoms with van der Waals surface area (Å²) in [6.45, 7) is 0. The Balaban J connectivity index is 2.43. The van der Waals surface area contributed by atoms with Crippen molar-refractivity contribution in [2.24, 2.45) is 5.92 Å². The van der Waals surface area contributed by atoms with E-state index in [0.29, 0.717) is 0 Å². The summed E-state index contributed by atoms with van der Waals surface area (Å²) in [7, 11) is -2.90. The fourth-order valence-corrected chi connectivity index (χ4v) is 4.76. The average molecular weight is 181 g/mol. The van der Waals surface area contributed by atoms with Gasteiger partial charge < -0.3 is 0 Å². The largest absolute Gasteiger partial charge is 0.227 e. The Labute approximate surface area is 65.5 Å². The van der Waals surface area contributed by atoms with Crippen molar-refractivity contribution in [2.45, 2.75) is 29.2 Å². The number of sulfone groups is 1. The van der Waals surface area contributed by atoms with Crippen LogP contribution in [0.3, 0.4) is 0 Å². The second-order valence-electron chi connectivity index (χ2n) is 3.14. The van der Waals surface area contributed by atoms with Crippen LogP contribution < -0.4 is 0 Å². The lowest BCUT2D eigenvalue weighted by Crippen LogP contribution is -2.24. The van der Waals surface area contributed by atoms with Crippen molar-refractivity contribution >= 4 is 21.4 Å². The first-order valence-electron chi connectivity index (χ1n) is 3.49. The van der Waals surface area contributed by atoms with Gasteiger partial charge in [-0.2, -0.15) is 0 Å². The van der Waals surface area contributed by atoms with Crippen LogP contribution in [0.1, 0.15) is 19.3 Å². The van der Waals surface area contributed by atoms with Crippen LogP contribution in [-0.2, 0) is 9.84 Å². The molecule has 0 amide bonds. The van der Waals surface area contributed by atoms with E-state index in [4.69, 9.17) is 11.6 Å². The average Bonchev–Trinajstić information content (AvgIpc) is 2.37. The maximum absolute atomic E-state index is 11.2. The van der Waals surface area contributed by atoms with E-state index in [9.17, 15) is 8.42 Å². The molecule has 1 saturated heterocycles. The smallest absolute Gasteiger partial charge is 0.170 e. The molecule has 0 spiro atoms. The first-order valence-corrected chi connectivity index (χ1v) is 5.54. The van der Waals surface area contributed by atoms with Gasteiger partial charge in [-0.1, -0.05) is 0 Å². The lowest BCUT2D eigenvalue weighted by atomic mass is 10.1. The summed E-state index contributed by atoms with van der Waals surface area (Å²) >= 11 is 5.71. The SMILES string of the molecule is O=S1(=O)C2CCC(C2)C1Cl. The monoisotopic (exact) mass is 180 g/mol. The summed E-state index contributed by atoms with van der Waals surface area (Å²) in [5.74, 6) is 0.261. The fourth-order valence-electron chi connectivity index (χ4n) is 1.96. The molecule has 4 heteroatoms. The highest BCUT2D eigenvalue weighted by atomic mass is 35.5. The highest BCUT2D eigenvalue weighted by molar-refractivity contribution is 7.94. The van der Waals surface area contributed by atoms with E-state index in [1.165, 1.54) is 0 Å². The molecule has 0 radical (unpaired) electrons. The van der Waals surface area contributed by atoms with Crippen LogP contribution in [-0.4, -0.2) is 18.4 Å². The molecule has 2 nitrogen and oxygen atoms in total. The number of hydrogen-bond donors (Lipinski definition) is 0. The first kappa shape index (κ1) is 6.92. The molecule has 58 valence electrons. The second kappa shape index (κ2) is 1.89. The van der Waals surface area contributed by atoms with E-state index in [1.54, 1.807) is 0 Å². The van der Waals surface area contributed by atoms with Gasteiger partial charge in [-0.25, -0.2) is 8.42 Å². The van der Waals surface area contributed by atoms with Crippen LogP contribution in [0.4, 0.5) is 0 Å². The van der Waals surface area contributed by atoms with Crippen molar-refractivity contribution < 1.29 is 8.42 Å². The lowest BCUT2D eigenvalue weighted by Gasteiger charge is -2.14. The quantitative estimate of drug-likeness (QED) is 0.524. The summed E-state index contributed by atoms with van der Waals surface area (Å²) in [5, 5.41) is -0.0972. The molecule has 0 aromatic rings. The zero-order valence-corrected chi connectivity index (χ0v) is 7.03. The molecular formula is C6H9ClO2S. The van der Waals surface area contributed by atoms with Crippen molar-refractivity contribution in [1.29, 1.82) is 0 Å². The molecule has 10 heavy (non-hydrogen) atoms. The van der Waals surface area contributed by atoms with E-state index >= 15 is 0 Å². The molecular weight excluding hydrogens is 172 g/mol. The van der Waals surface area contributed by atoms with Gasteiger partial charge in [0, 0.05) is 0 Å². The number of rotatable bonds is 0. The van der Waals surface area contributed by atoms with Crippen molar-refractivity contribution in [2.75, 3.05) is 0 Å². The van der Waals surface area contributed by atoms with Gasteiger partial charge in [0.05, 0.1) is 5.25 Å². The van der Waals surface area contributed by atoms with Gasteiger partial charge in [-0.3, -0.25) is 0 Å². The number of fused-ring (bicyclic) bond motifs is 2. The molecule has 2 aliphatic rings. The minimum atomic E-state index is -2.90. The Morgan fingerprint density at radius 1 is 1.30 bits per heavy atom. The van der Waals surface area contributed by atoms with E-state index in [1.807, 2.05) is 0 Å². The van der Waals surface area contributed by atoms with Crippen LogP contribution in [0, 0.1) is 5.92 Å². The predicted octanol–water partition coefficient (Wildman–Crippen LogP) is 1.15. The first-order chi connectivity index (χ1) is 4.62. The van der Waals surface area contributed by atoms with Gasteiger partial charge in [-0.05, 0) is 25.2 Å². The van der Waals surface area contributed by atoms with Gasteiger partial charge in [0.15, 0.2) is 9.84 Å². The summed E-state index contributed by atoms with van der Waals surface area (Å²) in [6.07, 6.45) is 2.67. The minimum absolute atomic E-state index is 0.0972. The minimum Gasteiger partial charge on any atom is -0.227 e. The number of alkyl halides is 1. The molecule has 2 rings (SSSR count). The maximum Gasteiger partial charge on any atom is 0.170 e. The zero-order chi connectivity index (χ0) is 7.35.